The van der Waals surface area contributed by atoms with E-state index in [4.69, 9.17) is 15.2 Å². The number of likely N-dealkylation sites (N-methyl/N-ethyl adjacent to an activating group) is 1. The third-order valence-corrected chi connectivity index (χ3v) is 9.32. The zero-order valence-electron chi connectivity index (χ0n) is 21.4. The zero-order valence-corrected chi connectivity index (χ0v) is 22.2. The molecule has 1 aromatic carbocycles. The van der Waals surface area contributed by atoms with Crippen LogP contribution in [0.3, 0.4) is 0 Å². The smallest absolute Gasteiger partial charge is 0.335 e. The molecule has 0 bridgehead atoms. The van der Waals surface area contributed by atoms with Crippen molar-refractivity contribution >= 4 is 27.4 Å². The van der Waals surface area contributed by atoms with E-state index in [1.807, 2.05) is 0 Å². The Labute approximate surface area is 220 Å². The van der Waals surface area contributed by atoms with E-state index in [0.29, 0.717) is 0 Å². The summed E-state index contributed by atoms with van der Waals surface area (Å²) in [4.78, 5) is 24.6. The number of carboxylic acid groups (broad SMARTS) is 1. The summed E-state index contributed by atoms with van der Waals surface area (Å²) in [5, 5.41) is 53.9. The number of rotatable bonds is 9. The highest BCUT2D eigenvalue weighted by Gasteiger charge is 2.59. The highest BCUT2D eigenvalue weighted by molar-refractivity contribution is 7.91. The number of ether oxygens (including phenoxy) is 2. The van der Waals surface area contributed by atoms with Gasteiger partial charge in [-0.15, -0.1) is 0 Å². The van der Waals surface area contributed by atoms with E-state index < -0.39 is 64.5 Å². The minimum atomic E-state index is -3.75. The van der Waals surface area contributed by atoms with Gasteiger partial charge in [0.2, 0.25) is 6.23 Å². The number of quaternary nitrogens is 1. The molecule has 2 saturated heterocycles. The lowest BCUT2D eigenvalue weighted by Crippen LogP contribution is -2.72. The molecule has 3 rings (SSSR count). The van der Waals surface area contributed by atoms with E-state index >= 15 is 0 Å². The second-order valence-electron chi connectivity index (χ2n) is 9.61. The topological polar surface area (TPSA) is 226 Å². The molecule has 2 aliphatic rings. The van der Waals surface area contributed by atoms with Crippen LogP contribution in [0.5, 0.6) is 5.75 Å². The normalized spacial score (nSPS) is 33.6. The Morgan fingerprint density at radius 1 is 1.16 bits per heavy atom. The van der Waals surface area contributed by atoms with E-state index in [-0.39, 0.29) is 58.2 Å². The molecule has 8 unspecified atom stereocenters. The number of carboxylic acids is 1. The first kappa shape index (κ1) is 30.0. The first-order valence-electron chi connectivity index (χ1n) is 12.2. The molecule has 38 heavy (non-hydrogen) atoms. The third kappa shape index (κ3) is 5.32. The maximum atomic E-state index is 13.2. The molecular weight excluding hydrogens is 526 g/mol. The number of carbonyl (C=O) groups is 2. The van der Waals surface area contributed by atoms with Crippen LogP contribution in [0.1, 0.15) is 30.6 Å². The number of sulfone groups is 1. The number of methoxy groups -OCH3 is 1. The number of nitrogens with two attached hydrogens (primary N) is 1. The first-order valence-corrected chi connectivity index (χ1v) is 13.8. The molecular formula is C23H36N3O11S+. The van der Waals surface area contributed by atoms with Crippen LogP contribution in [0.4, 0.5) is 5.69 Å². The Kier molecular flexibility index (Phi) is 8.92. The number of carbonyl (C=O) groups excluding carboxylic acids is 1. The van der Waals surface area contributed by atoms with Crippen LogP contribution in [-0.4, -0.2) is 126 Å². The van der Waals surface area contributed by atoms with Crippen molar-refractivity contribution in [3.63, 3.8) is 0 Å². The van der Waals surface area contributed by atoms with Gasteiger partial charge in [-0.25, -0.2) is 13.2 Å². The average molecular weight is 563 g/mol. The zero-order chi connectivity index (χ0) is 28.6. The van der Waals surface area contributed by atoms with E-state index in [1.54, 1.807) is 6.92 Å². The number of benzene rings is 1. The predicted octanol–water partition coefficient (Wildman–Crippen LogP) is -2.34. The molecule has 8 atom stereocenters. The number of amides is 1. The maximum absolute atomic E-state index is 13.2. The van der Waals surface area contributed by atoms with Gasteiger partial charge in [-0.1, -0.05) is 6.92 Å². The molecule has 214 valence electrons. The molecule has 15 heteroatoms. The number of aliphatic hydroxyl groups excluding tert-OH is 4. The molecule has 2 aliphatic heterocycles. The number of nitrogens with zero attached hydrogens (tertiary/aromatic N) is 1. The quantitative estimate of drug-likeness (QED) is 0.124. The summed E-state index contributed by atoms with van der Waals surface area (Å²) in [6.45, 7) is 3.33. The number of likely N-dealkylation sites (tertiary alicyclic amines) is 1. The van der Waals surface area contributed by atoms with Crippen molar-refractivity contribution in [2.45, 2.75) is 68.0 Å². The summed E-state index contributed by atoms with van der Waals surface area (Å²) in [5.41, 5.74) is 5.73. The molecule has 0 aliphatic carbocycles. The van der Waals surface area contributed by atoms with Crippen molar-refractivity contribution in [1.29, 1.82) is 0 Å². The summed E-state index contributed by atoms with van der Waals surface area (Å²) in [5.74, 6) is -2.40. The molecule has 0 aromatic heterocycles. The lowest BCUT2D eigenvalue weighted by atomic mass is 9.95. The van der Waals surface area contributed by atoms with Crippen LogP contribution < -0.4 is 15.8 Å². The van der Waals surface area contributed by atoms with Gasteiger partial charge in [0.25, 0.3) is 5.91 Å². The molecule has 0 saturated carbocycles. The van der Waals surface area contributed by atoms with Gasteiger partial charge in [0.1, 0.15) is 36.6 Å². The van der Waals surface area contributed by atoms with Crippen LogP contribution >= 0.6 is 0 Å². The largest absolute Gasteiger partial charge is 0.496 e. The minimum Gasteiger partial charge on any atom is -0.496 e. The summed E-state index contributed by atoms with van der Waals surface area (Å²) in [6, 6.07) is 1.78. The van der Waals surface area contributed by atoms with Crippen molar-refractivity contribution in [3.05, 3.63) is 17.7 Å². The maximum Gasteiger partial charge on any atom is 0.335 e. The van der Waals surface area contributed by atoms with Crippen molar-refractivity contribution in [2.24, 2.45) is 0 Å². The average Bonchev–Trinajstić information content (AvgIpc) is 3.21. The predicted molar refractivity (Wildman–Crippen MR) is 132 cm³/mol. The Balaban J connectivity index is 1.91. The molecule has 1 amide bonds. The van der Waals surface area contributed by atoms with Gasteiger partial charge in [-0.2, -0.15) is 0 Å². The number of aliphatic hydroxyl groups is 4. The van der Waals surface area contributed by atoms with Gasteiger partial charge >= 0.3 is 5.97 Å². The minimum absolute atomic E-state index is 0.0258. The highest BCUT2D eigenvalue weighted by atomic mass is 32.2. The summed E-state index contributed by atoms with van der Waals surface area (Å²) >= 11 is 0. The van der Waals surface area contributed by atoms with Crippen LogP contribution in [-0.2, 0) is 19.4 Å². The van der Waals surface area contributed by atoms with Crippen LogP contribution in [0.25, 0.3) is 0 Å². The van der Waals surface area contributed by atoms with Crippen LogP contribution in [0.2, 0.25) is 0 Å². The van der Waals surface area contributed by atoms with Gasteiger partial charge < -0.3 is 46.1 Å². The number of aliphatic carboxylic acids is 1. The fourth-order valence-electron chi connectivity index (χ4n) is 5.43. The molecule has 8 N–H and O–H groups in total. The van der Waals surface area contributed by atoms with Gasteiger partial charge in [-0.3, -0.25) is 9.28 Å². The van der Waals surface area contributed by atoms with E-state index in [0.717, 1.165) is 6.07 Å². The third-order valence-electron chi connectivity index (χ3n) is 7.54. The number of hydrogen-bond acceptors (Lipinski definition) is 11. The molecule has 1 aromatic rings. The van der Waals surface area contributed by atoms with Crippen LogP contribution in [0, 0.1) is 0 Å². The summed E-state index contributed by atoms with van der Waals surface area (Å²) < 4.78 is 35.5. The van der Waals surface area contributed by atoms with E-state index in [9.17, 15) is 43.5 Å². The Morgan fingerprint density at radius 3 is 2.37 bits per heavy atom. The molecule has 0 spiro atoms. The van der Waals surface area contributed by atoms with Crippen molar-refractivity contribution in [3.8, 4) is 5.75 Å². The number of hydrogen-bond donors (Lipinski definition) is 7. The molecule has 2 heterocycles. The Morgan fingerprint density at radius 2 is 1.82 bits per heavy atom. The molecule has 0 radical (unpaired) electrons. The SMILES string of the molecule is CC[N+]1(C2OC(C(=O)O)C(O)C(O)C2O)CC(O)CC1CNC(=O)c1cc(S(=O)(=O)CC)c(N)cc1OC. The summed E-state index contributed by atoms with van der Waals surface area (Å²) in [7, 11) is -2.45. The Bertz CT molecular complexity index is 1160. The van der Waals surface area contributed by atoms with Gasteiger partial charge in [-0.05, 0) is 13.0 Å². The Hall–Kier alpha value is -2.53. The second-order valence-corrected chi connectivity index (χ2v) is 11.9. The monoisotopic (exact) mass is 562 g/mol. The van der Waals surface area contributed by atoms with Gasteiger partial charge in [0.05, 0.1) is 42.1 Å². The number of anilines is 1. The fraction of sp³-hybridized carbons (Fsp3) is 0.652. The van der Waals surface area contributed by atoms with Crippen molar-refractivity contribution < 1.29 is 57.5 Å². The van der Waals surface area contributed by atoms with Gasteiger partial charge in [0.15, 0.2) is 22.0 Å². The fourth-order valence-corrected chi connectivity index (χ4v) is 6.45. The standard InChI is InChI=1S/C23H35N3O11S/c1-4-26(22-19(30)17(28)18(29)20(37-22)23(32)33)10-12(27)6-11(26)9-25-21(31)13-7-16(38(34,35)5-2)14(24)8-15(13)36-3/h7-8,11-12,17-20,22,27-30H,4-6,9-10H2,1-3H3,(H3-,24,25,31,32,33)/p+1. The lowest BCUT2D eigenvalue weighted by molar-refractivity contribution is -0.986. The molecule has 2 fully saturated rings. The highest BCUT2D eigenvalue weighted by Crippen LogP contribution is 2.37. The lowest BCUT2D eigenvalue weighted by Gasteiger charge is -2.50. The van der Waals surface area contributed by atoms with Crippen LogP contribution in [0.15, 0.2) is 17.0 Å². The van der Waals surface area contributed by atoms with E-state index in [1.165, 1.54) is 20.1 Å². The molecule has 14 nitrogen and oxygen atoms in total. The first-order chi connectivity index (χ1) is 17.7. The number of nitrogen functional groups attached to an aromatic ring is 1. The number of nitrogens with one attached hydrogen (secondary N) is 1. The van der Waals surface area contributed by atoms with E-state index in [2.05, 4.69) is 5.32 Å². The summed E-state index contributed by atoms with van der Waals surface area (Å²) in [6.07, 6.45) is -9.26. The van der Waals surface area contributed by atoms with Crippen molar-refractivity contribution in [2.75, 3.05) is 38.2 Å². The second kappa shape index (κ2) is 11.3. The van der Waals surface area contributed by atoms with Crippen molar-refractivity contribution in [1.82, 2.24) is 5.32 Å². The van der Waals surface area contributed by atoms with Gasteiger partial charge in [0, 0.05) is 12.5 Å².